The van der Waals surface area contributed by atoms with Crippen LogP contribution < -0.4 is 5.32 Å². The van der Waals surface area contributed by atoms with Crippen molar-refractivity contribution in [3.63, 3.8) is 0 Å². The van der Waals surface area contributed by atoms with Gasteiger partial charge in [0.05, 0.1) is 0 Å². The lowest BCUT2D eigenvalue weighted by Crippen LogP contribution is -2.26. The molecule has 1 fully saturated rings. The molecule has 0 heterocycles. The lowest BCUT2D eigenvalue weighted by molar-refractivity contribution is 0.366. The van der Waals surface area contributed by atoms with Crippen molar-refractivity contribution >= 4 is 10.8 Å². The molecule has 1 saturated carbocycles. The van der Waals surface area contributed by atoms with Crippen LogP contribution in [-0.2, 0) is 6.42 Å². The summed E-state index contributed by atoms with van der Waals surface area (Å²) in [5, 5.41) is 6.46. The standard InChI is InChI=1S/C20H27N/c1-2-13-21-15-19-11-6-9-17(19)14-18-10-5-8-16-7-3-4-12-20(16)18/h3-5,7-8,10,12,17,19,21H,2,6,9,11,13-15H2,1H3. The third kappa shape index (κ3) is 3.47. The van der Waals surface area contributed by atoms with Crippen molar-refractivity contribution in [2.75, 3.05) is 13.1 Å². The van der Waals surface area contributed by atoms with Gasteiger partial charge < -0.3 is 5.32 Å². The van der Waals surface area contributed by atoms with E-state index in [2.05, 4.69) is 54.7 Å². The zero-order chi connectivity index (χ0) is 14.5. The molecule has 1 nitrogen and oxygen atoms in total. The van der Waals surface area contributed by atoms with Gasteiger partial charge in [0.2, 0.25) is 0 Å². The first-order chi connectivity index (χ1) is 10.4. The SMILES string of the molecule is CCCNCC1CCCC1Cc1cccc2ccccc12. The van der Waals surface area contributed by atoms with Gasteiger partial charge in [-0.15, -0.1) is 0 Å². The van der Waals surface area contributed by atoms with Gasteiger partial charge in [-0.05, 0) is 66.9 Å². The zero-order valence-electron chi connectivity index (χ0n) is 13.1. The summed E-state index contributed by atoms with van der Waals surface area (Å²) in [7, 11) is 0. The van der Waals surface area contributed by atoms with Gasteiger partial charge >= 0.3 is 0 Å². The molecule has 0 spiro atoms. The molecule has 2 unspecified atom stereocenters. The van der Waals surface area contributed by atoms with Crippen LogP contribution >= 0.6 is 0 Å². The molecule has 2 atom stereocenters. The Morgan fingerprint density at radius 1 is 1.00 bits per heavy atom. The highest BCUT2D eigenvalue weighted by Gasteiger charge is 2.27. The number of hydrogen-bond donors (Lipinski definition) is 1. The minimum Gasteiger partial charge on any atom is -0.316 e. The second kappa shape index (κ2) is 7.09. The van der Waals surface area contributed by atoms with Gasteiger partial charge in [-0.2, -0.15) is 0 Å². The molecule has 2 aromatic carbocycles. The molecule has 112 valence electrons. The summed E-state index contributed by atoms with van der Waals surface area (Å²) in [4.78, 5) is 0. The van der Waals surface area contributed by atoms with Gasteiger partial charge in [0, 0.05) is 0 Å². The summed E-state index contributed by atoms with van der Waals surface area (Å²) < 4.78 is 0. The first-order valence-electron chi connectivity index (χ1n) is 8.56. The monoisotopic (exact) mass is 281 g/mol. The second-order valence-electron chi connectivity index (χ2n) is 6.50. The zero-order valence-corrected chi connectivity index (χ0v) is 13.1. The van der Waals surface area contributed by atoms with E-state index in [0.29, 0.717) is 0 Å². The molecule has 3 rings (SSSR count). The third-order valence-electron chi connectivity index (χ3n) is 5.01. The fourth-order valence-corrected chi connectivity index (χ4v) is 3.87. The molecule has 0 aromatic heterocycles. The van der Waals surface area contributed by atoms with Crippen molar-refractivity contribution < 1.29 is 0 Å². The van der Waals surface area contributed by atoms with Crippen LogP contribution in [0.2, 0.25) is 0 Å². The van der Waals surface area contributed by atoms with E-state index in [1.165, 1.54) is 49.4 Å². The summed E-state index contributed by atoms with van der Waals surface area (Å²) in [5.41, 5.74) is 1.54. The van der Waals surface area contributed by atoms with Crippen molar-refractivity contribution in [1.29, 1.82) is 0 Å². The van der Waals surface area contributed by atoms with Crippen molar-refractivity contribution in [3.8, 4) is 0 Å². The lowest BCUT2D eigenvalue weighted by Gasteiger charge is -2.21. The van der Waals surface area contributed by atoms with E-state index in [1.54, 1.807) is 5.56 Å². The van der Waals surface area contributed by atoms with Crippen LogP contribution in [0.1, 0.15) is 38.2 Å². The van der Waals surface area contributed by atoms with Crippen LogP contribution in [0.3, 0.4) is 0 Å². The summed E-state index contributed by atoms with van der Waals surface area (Å²) in [6, 6.07) is 15.6. The fourth-order valence-electron chi connectivity index (χ4n) is 3.87. The molecule has 0 amide bonds. The highest BCUT2D eigenvalue weighted by Crippen LogP contribution is 2.35. The highest BCUT2D eigenvalue weighted by atomic mass is 14.9. The number of rotatable bonds is 6. The first-order valence-corrected chi connectivity index (χ1v) is 8.56. The number of nitrogens with one attached hydrogen (secondary N) is 1. The van der Waals surface area contributed by atoms with Crippen molar-refractivity contribution in [2.24, 2.45) is 11.8 Å². The predicted octanol–water partition coefficient (Wildman–Crippen LogP) is 4.80. The Morgan fingerprint density at radius 2 is 1.81 bits per heavy atom. The molecule has 1 N–H and O–H groups in total. The Kier molecular flexibility index (Phi) is 4.92. The maximum atomic E-state index is 3.63. The Hall–Kier alpha value is -1.34. The lowest BCUT2D eigenvalue weighted by atomic mass is 9.87. The smallest absolute Gasteiger partial charge is 0.00178 e. The quantitative estimate of drug-likeness (QED) is 0.750. The van der Waals surface area contributed by atoms with E-state index in [1.807, 2.05) is 0 Å². The van der Waals surface area contributed by atoms with Crippen LogP contribution in [0.15, 0.2) is 42.5 Å². The van der Waals surface area contributed by atoms with E-state index in [0.717, 1.165) is 18.4 Å². The Balaban J connectivity index is 1.72. The number of hydrogen-bond acceptors (Lipinski definition) is 1. The van der Waals surface area contributed by atoms with Gasteiger partial charge in [0.15, 0.2) is 0 Å². The van der Waals surface area contributed by atoms with Crippen LogP contribution in [0.4, 0.5) is 0 Å². The van der Waals surface area contributed by atoms with E-state index in [9.17, 15) is 0 Å². The maximum Gasteiger partial charge on any atom is -0.00178 e. The van der Waals surface area contributed by atoms with Gasteiger partial charge in [0.1, 0.15) is 0 Å². The minimum absolute atomic E-state index is 0.861. The van der Waals surface area contributed by atoms with Crippen LogP contribution in [0.25, 0.3) is 10.8 Å². The van der Waals surface area contributed by atoms with E-state index >= 15 is 0 Å². The fraction of sp³-hybridized carbons (Fsp3) is 0.500. The molecule has 1 aliphatic rings. The summed E-state index contributed by atoms with van der Waals surface area (Å²) in [5.74, 6) is 1.73. The molecule has 0 saturated heterocycles. The van der Waals surface area contributed by atoms with Crippen molar-refractivity contribution in [2.45, 2.75) is 39.0 Å². The molecule has 21 heavy (non-hydrogen) atoms. The van der Waals surface area contributed by atoms with Crippen LogP contribution in [0, 0.1) is 11.8 Å². The second-order valence-corrected chi connectivity index (χ2v) is 6.50. The van der Waals surface area contributed by atoms with Crippen LogP contribution in [0.5, 0.6) is 0 Å². The van der Waals surface area contributed by atoms with E-state index in [4.69, 9.17) is 0 Å². The number of benzene rings is 2. The van der Waals surface area contributed by atoms with E-state index < -0.39 is 0 Å². The van der Waals surface area contributed by atoms with Crippen LogP contribution in [-0.4, -0.2) is 13.1 Å². The minimum atomic E-state index is 0.861. The predicted molar refractivity (Wildman–Crippen MR) is 91.6 cm³/mol. The van der Waals surface area contributed by atoms with Gasteiger partial charge in [-0.25, -0.2) is 0 Å². The average Bonchev–Trinajstić information content (AvgIpc) is 2.95. The molecule has 0 aliphatic heterocycles. The summed E-state index contributed by atoms with van der Waals surface area (Å²) in [6.07, 6.45) is 6.71. The molecule has 1 heteroatoms. The summed E-state index contributed by atoms with van der Waals surface area (Å²) in [6.45, 7) is 4.62. The Labute approximate surface area is 128 Å². The average molecular weight is 281 g/mol. The highest BCUT2D eigenvalue weighted by molar-refractivity contribution is 5.85. The van der Waals surface area contributed by atoms with Gasteiger partial charge in [-0.3, -0.25) is 0 Å². The molecule has 1 aliphatic carbocycles. The number of fused-ring (bicyclic) bond motifs is 1. The molecule has 2 aromatic rings. The molecule has 0 bridgehead atoms. The molecule has 0 radical (unpaired) electrons. The van der Waals surface area contributed by atoms with Gasteiger partial charge in [-0.1, -0.05) is 55.8 Å². The topological polar surface area (TPSA) is 12.0 Å². The van der Waals surface area contributed by atoms with Gasteiger partial charge in [0.25, 0.3) is 0 Å². The Morgan fingerprint density at radius 3 is 2.71 bits per heavy atom. The normalized spacial score (nSPS) is 22.0. The molecular weight excluding hydrogens is 254 g/mol. The summed E-state index contributed by atoms with van der Waals surface area (Å²) >= 11 is 0. The van der Waals surface area contributed by atoms with E-state index in [-0.39, 0.29) is 0 Å². The van der Waals surface area contributed by atoms with Crippen molar-refractivity contribution in [1.82, 2.24) is 5.32 Å². The molecular formula is C20H27N. The van der Waals surface area contributed by atoms with Crippen molar-refractivity contribution in [3.05, 3.63) is 48.0 Å². The first kappa shape index (κ1) is 14.6. The maximum absolute atomic E-state index is 3.63. The third-order valence-corrected chi connectivity index (χ3v) is 5.01. The largest absolute Gasteiger partial charge is 0.316 e. The Bertz CT molecular complexity index is 570.